The molecule has 2 heterocycles. The smallest absolute Gasteiger partial charge is 0.343 e. The molecule has 3 rings (SSSR count). The summed E-state index contributed by atoms with van der Waals surface area (Å²) < 4.78 is 48.0. The zero-order chi connectivity index (χ0) is 23.6. The van der Waals surface area contributed by atoms with E-state index < -0.39 is 40.8 Å². The molecule has 1 atom stereocenters. The van der Waals surface area contributed by atoms with Crippen LogP contribution < -0.4 is 10.6 Å². The van der Waals surface area contributed by atoms with Crippen LogP contribution in [0.1, 0.15) is 32.0 Å². The van der Waals surface area contributed by atoms with Crippen LogP contribution in [0.15, 0.2) is 12.1 Å². The molecule has 2 aromatic rings. The summed E-state index contributed by atoms with van der Waals surface area (Å²) in [4.78, 5) is 25.6. The number of nitrogens with zero attached hydrogens (tertiary/aromatic N) is 2. The van der Waals surface area contributed by atoms with Crippen molar-refractivity contribution >= 4 is 11.9 Å². The molecule has 0 radical (unpaired) electrons. The third-order valence-corrected chi connectivity index (χ3v) is 5.08. The second kappa shape index (κ2) is 9.29. The highest BCUT2D eigenvalue weighted by atomic mass is 19.2. The van der Waals surface area contributed by atoms with Crippen LogP contribution >= 0.6 is 0 Å². The first-order valence-corrected chi connectivity index (χ1v) is 10.1. The summed E-state index contributed by atoms with van der Waals surface area (Å²) in [6.07, 6.45) is 0.276. The summed E-state index contributed by atoms with van der Waals surface area (Å²) in [5.41, 5.74) is -0.209. The fourth-order valence-corrected chi connectivity index (χ4v) is 3.47. The average molecular weight is 454 g/mol. The number of aliphatic hydroxyl groups excluding tert-OH is 1. The summed E-state index contributed by atoms with van der Waals surface area (Å²) in [6.45, 7) is 5.32. The minimum absolute atomic E-state index is 0.00999. The van der Waals surface area contributed by atoms with E-state index in [4.69, 9.17) is 9.84 Å². The Balaban J connectivity index is 2.00. The Hall–Kier alpha value is -2.92. The van der Waals surface area contributed by atoms with E-state index in [1.165, 1.54) is 0 Å². The Bertz CT molecular complexity index is 1030. The molecule has 174 valence electrons. The number of carbonyl (C=O) groups excluding carboxylic acids is 2. The summed E-state index contributed by atoms with van der Waals surface area (Å²) in [5.74, 6) is -4.11. The predicted octanol–water partition coefficient (Wildman–Crippen LogP) is 2.12. The molecule has 1 aromatic carbocycles. The number of ether oxygens (including phenoxy) is 1. The second-order valence-corrected chi connectivity index (χ2v) is 8.50. The van der Waals surface area contributed by atoms with Gasteiger partial charge in [0, 0.05) is 30.2 Å². The second-order valence-electron chi connectivity index (χ2n) is 8.50. The Morgan fingerprint density at radius 1 is 1.22 bits per heavy atom. The first kappa shape index (κ1) is 23.7. The van der Waals surface area contributed by atoms with E-state index in [9.17, 15) is 22.8 Å². The highest BCUT2D eigenvalue weighted by Crippen LogP contribution is 2.32. The highest BCUT2D eigenvalue weighted by Gasteiger charge is 2.35. The molecule has 0 saturated heterocycles. The van der Waals surface area contributed by atoms with Crippen LogP contribution in [0, 0.1) is 22.9 Å². The van der Waals surface area contributed by atoms with Crippen LogP contribution in [0.4, 0.5) is 18.0 Å². The highest BCUT2D eigenvalue weighted by molar-refractivity contribution is 5.89. The van der Waals surface area contributed by atoms with Crippen molar-refractivity contribution in [2.45, 2.75) is 39.8 Å². The molecule has 1 aliphatic heterocycles. The Kier molecular flexibility index (Phi) is 6.89. The maximum Gasteiger partial charge on any atom is 0.343 e. The number of halogens is 3. The predicted molar refractivity (Wildman–Crippen MR) is 108 cm³/mol. The zero-order valence-electron chi connectivity index (χ0n) is 18.0. The van der Waals surface area contributed by atoms with E-state index in [-0.39, 0.29) is 44.0 Å². The lowest BCUT2D eigenvalue weighted by atomic mass is 9.86. The van der Waals surface area contributed by atoms with Gasteiger partial charge in [-0.15, -0.1) is 0 Å². The van der Waals surface area contributed by atoms with Gasteiger partial charge in [-0.05, 0) is 11.5 Å². The SMILES string of the molecule is CC(C)(C)C(NC(=O)n1nc(-c2cc(F)c(F)cc2F)c2c1CCOC2)C(=O)NCCO. The van der Waals surface area contributed by atoms with Gasteiger partial charge in [0.15, 0.2) is 11.6 Å². The molecular weight excluding hydrogens is 429 g/mol. The number of aromatic nitrogens is 2. The van der Waals surface area contributed by atoms with Crippen molar-refractivity contribution in [2.75, 3.05) is 19.8 Å². The third-order valence-electron chi connectivity index (χ3n) is 5.08. The van der Waals surface area contributed by atoms with E-state index in [2.05, 4.69) is 15.7 Å². The summed E-state index contributed by atoms with van der Waals surface area (Å²) in [7, 11) is 0. The lowest BCUT2D eigenvalue weighted by Crippen LogP contribution is -2.55. The van der Waals surface area contributed by atoms with Gasteiger partial charge in [-0.25, -0.2) is 18.0 Å². The molecule has 32 heavy (non-hydrogen) atoms. The minimum atomic E-state index is -1.34. The lowest BCUT2D eigenvalue weighted by Gasteiger charge is -2.30. The van der Waals surface area contributed by atoms with Gasteiger partial charge in [0.1, 0.15) is 17.6 Å². The number of benzene rings is 1. The molecule has 11 heteroatoms. The zero-order valence-corrected chi connectivity index (χ0v) is 18.0. The summed E-state index contributed by atoms with van der Waals surface area (Å²) in [5, 5.41) is 18.3. The number of hydrogen-bond donors (Lipinski definition) is 3. The molecule has 0 fully saturated rings. The summed E-state index contributed by atoms with van der Waals surface area (Å²) >= 11 is 0. The van der Waals surface area contributed by atoms with Crippen molar-refractivity contribution in [3.05, 3.63) is 40.8 Å². The molecule has 0 aliphatic carbocycles. The molecular formula is C21H25F3N4O4. The normalized spacial score (nSPS) is 14.6. The van der Waals surface area contributed by atoms with Crippen molar-refractivity contribution in [3.63, 3.8) is 0 Å². The van der Waals surface area contributed by atoms with Gasteiger partial charge in [0.25, 0.3) is 0 Å². The number of fused-ring (bicyclic) bond motifs is 1. The first-order chi connectivity index (χ1) is 15.0. The van der Waals surface area contributed by atoms with E-state index >= 15 is 0 Å². The molecule has 1 aliphatic rings. The van der Waals surface area contributed by atoms with Gasteiger partial charge in [0.05, 0.1) is 25.5 Å². The van der Waals surface area contributed by atoms with Crippen LogP contribution in [-0.4, -0.2) is 52.6 Å². The fourth-order valence-electron chi connectivity index (χ4n) is 3.47. The molecule has 8 nitrogen and oxygen atoms in total. The number of nitrogens with one attached hydrogen (secondary N) is 2. The lowest BCUT2D eigenvalue weighted by molar-refractivity contribution is -0.125. The number of rotatable bonds is 5. The van der Waals surface area contributed by atoms with Crippen LogP contribution in [-0.2, 0) is 22.6 Å². The molecule has 2 amide bonds. The number of aliphatic hydroxyl groups is 1. The maximum absolute atomic E-state index is 14.4. The van der Waals surface area contributed by atoms with Crippen LogP contribution in [0.5, 0.6) is 0 Å². The van der Waals surface area contributed by atoms with Crippen molar-refractivity contribution < 1.29 is 32.6 Å². The van der Waals surface area contributed by atoms with Gasteiger partial charge in [0.2, 0.25) is 5.91 Å². The van der Waals surface area contributed by atoms with Gasteiger partial charge in [-0.3, -0.25) is 4.79 Å². The van der Waals surface area contributed by atoms with Gasteiger partial charge in [-0.1, -0.05) is 20.8 Å². The van der Waals surface area contributed by atoms with Crippen molar-refractivity contribution in [3.8, 4) is 11.3 Å². The number of amides is 2. The average Bonchev–Trinajstić information content (AvgIpc) is 3.11. The fraction of sp³-hybridized carbons (Fsp3) is 0.476. The topological polar surface area (TPSA) is 105 Å². The van der Waals surface area contributed by atoms with Crippen LogP contribution in [0.3, 0.4) is 0 Å². The number of hydrogen-bond acceptors (Lipinski definition) is 5. The minimum Gasteiger partial charge on any atom is -0.395 e. The molecule has 0 saturated carbocycles. The van der Waals surface area contributed by atoms with E-state index in [1.807, 2.05) is 0 Å². The Morgan fingerprint density at radius 3 is 2.56 bits per heavy atom. The largest absolute Gasteiger partial charge is 0.395 e. The van der Waals surface area contributed by atoms with Gasteiger partial charge < -0.3 is 20.5 Å². The van der Waals surface area contributed by atoms with Crippen molar-refractivity contribution in [1.82, 2.24) is 20.4 Å². The molecule has 1 aromatic heterocycles. The van der Waals surface area contributed by atoms with Crippen molar-refractivity contribution in [1.29, 1.82) is 0 Å². The van der Waals surface area contributed by atoms with Crippen LogP contribution in [0.2, 0.25) is 0 Å². The quantitative estimate of drug-likeness (QED) is 0.601. The van der Waals surface area contributed by atoms with E-state index in [0.29, 0.717) is 23.4 Å². The molecule has 3 N–H and O–H groups in total. The van der Waals surface area contributed by atoms with Gasteiger partial charge >= 0.3 is 6.03 Å². The third kappa shape index (κ3) is 4.78. The first-order valence-electron chi connectivity index (χ1n) is 10.1. The molecule has 1 unspecified atom stereocenters. The van der Waals surface area contributed by atoms with E-state index in [1.54, 1.807) is 20.8 Å². The van der Waals surface area contributed by atoms with Crippen LogP contribution in [0.25, 0.3) is 11.3 Å². The van der Waals surface area contributed by atoms with E-state index in [0.717, 1.165) is 4.68 Å². The maximum atomic E-state index is 14.4. The van der Waals surface area contributed by atoms with Gasteiger partial charge in [-0.2, -0.15) is 9.78 Å². The van der Waals surface area contributed by atoms with Crippen molar-refractivity contribution in [2.24, 2.45) is 5.41 Å². The number of carbonyl (C=O) groups is 2. The Morgan fingerprint density at radius 2 is 1.91 bits per heavy atom. The monoisotopic (exact) mass is 454 g/mol. The standard InChI is InChI=1S/C21H25F3N4O4/c1-21(2,3)18(19(30)25-5-6-29)26-20(31)28-16-4-7-32-10-12(16)17(27-28)11-8-14(23)15(24)9-13(11)22/h8-9,18,29H,4-7,10H2,1-3H3,(H,25,30)(H,26,31). The Labute approximate surface area is 182 Å². The summed E-state index contributed by atoms with van der Waals surface area (Å²) in [6, 6.07) is -0.605. The molecule has 0 bridgehead atoms. The molecule has 0 spiro atoms.